The third-order valence-electron chi connectivity index (χ3n) is 1.29. The molecule has 0 aromatic heterocycles. The van der Waals surface area contributed by atoms with Crippen LogP contribution in [0.25, 0.3) is 0 Å². The molecular formula is C10H16. The molecule has 0 rings (SSSR count). The van der Waals surface area contributed by atoms with Gasteiger partial charge in [-0.1, -0.05) is 36.0 Å². The molecule has 0 aliphatic carbocycles. The van der Waals surface area contributed by atoms with Crippen molar-refractivity contribution < 1.29 is 0 Å². The molecular weight excluding hydrogens is 120 g/mol. The summed E-state index contributed by atoms with van der Waals surface area (Å²) in [5.74, 6) is 0. The highest BCUT2D eigenvalue weighted by molar-refractivity contribution is 5.14. The Balaban J connectivity index is 3.74. The second kappa shape index (κ2) is 5.04. The summed E-state index contributed by atoms with van der Waals surface area (Å²) < 4.78 is 0. The first-order valence-corrected chi connectivity index (χ1v) is 3.59. The molecule has 0 nitrogen and oxygen atoms in total. The van der Waals surface area contributed by atoms with Crippen LogP contribution in [0, 0.1) is 0 Å². The molecule has 0 amide bonds. The lowest BCUT2D eigenvalue weighted by Crippen LogP contribution is -1.68. The Morgan fingerprint density at radius 2 is 1.80 bits per heavy atom. The van der Waals surface area contributed by atoms with Gasteiger partial charge in [0.15, 0.2) is 0 Å². The highest BCUT2D eigenvalue weighted by Crippen LogP contribution is 1.99. The van der Waals surface area contributed by atoms with Crippen LogP contribution in [0.15, 0.2) is 36.0 Å². The Morgan fingerprint density at radius 3 is 2.20 bits per heavy atom. The minimum atomic E-state index is 1.03. The van der Waals surface area contributed by atoms with Crippen LogP contribution in [0.3, 0.4) is 0 Å². The SMILES string of the molecule is C=CC(C)=CCC=C(C)C. The molecule has 56 valence electrons. The highest BCUT2D eigenvalue weighted by atomic mass is 13.8. The zero-order chi connectivity index (χ0) is 7.98. The first-order valence-electron chi connectivity index (χ1n) is 3.59. The van der Waals surface area contributed by atoms with Crippen LogP contribution in [0.4, 0.5) is 0 Å². The summed E-state index contributed by atoms with van der Waals surface area (Å²) in [4.78, 5) is 0. The predicted octanol–water partition coefficient (Wildman–Crippen LogP) is 3.48. The molecule has 0 spiro atoms. The number of hydrogen-bond acceptors (Lipinski definition) is 0. The zero-order valence-electron chi connectivity index (χ0n) is 7.15. The van der Waals surface area contributed by atoms with E-state index in [1.807, 2.05) is 6.08 Å². The predicted molar refractivity (Wildman–Crippen MR) is 48.0 cm³/mol. The maximum atomic E-state index is 3.67. The molecule has 0 aromatic carbocycles. The van der Waals surface area contributed by atoms with Crippen molar-refractivity contribution in [2.75, 3.05) is 0 Å². The summed E-state index contributed by atoms with van der Waals surface area (Å²) in [6, 6.07) is 0. The van der Waals surface area contributed by atoms with Crippen molar-refractivity contribution in [3.63, 3.8) is 0 Å². The van der Waals surface area contributed by atoms with E-state index in [1.54, 1.807) is 0 Å². The molecule has 0 unspecified atom stereocenters. The van der Waals surface area contributed by atoms with Crippen LogP contribution in [0.1, 0.15) is 27.2 Å². The van der Waals surface area contributed by atoms with Crippen LogP contribution >= 0.6 is 0 Å². The number of rotatable bonds is 3. The molecule has 0 aliphatic rings. The van der Waals surface area contributed by atoms with Crippen LogP contribution in [-0.4, -0.2) is 0 Å². The molecule has 0 fully saturated rings. The summed E-state index contributed by atoms with van der Waals surface area (Å²) in [6.07, 6.45) is 7.27. The van der Waals surface area contributed by atoms with E-state index in [2.05, 4.69) is 39.5 Å². The van der Waals surface area contributed by atoms with Gasteiger partial charge in [-0.15, -0.1) is 0 Å². The fourth-order valence-electron chi connectivity index (χ4n) is 0.564. The van der Waals surface area contributed by atoms with Gasteiger partial charge < -0.3 is 0 Å². The Hall–Kier alpha value is -0.780. The Bertz CT molecular complexity index is 155. The number of hydrogen-bond donors (Lipinski definition) is 0. The molecule has 0 N–H and O–H groups in total. The first-order chi connectivity index (χ1) is 4.66. The summed E-state index contributed by atoms with van der Waals surface area (Å²) in [5.41, 5.74) is 2.62. The highest BCUT2D eigenvalue weighted by Gasteiger charge is 1.78. The van der Waals surface area contributed by atoms with Crippen LogP contribution < -0.4 is 0 Å². The van der Waals surface area contributed by atoms with Gasteiger partial charge in [-0.3, -0.25) is 0 Å². The van der Waals surface area contributed by atoms with Gasteiger partial charge >= 0.3 is 0 Å². The molecule has 0 atom stereocenters. The van der Waals surface area contributed by atoms with E-state index in [0.29, 0.717) is 0 Å². The van der Waals surface area contributed by atoms with Gasteiger partial charge in [0.2, 0.25) is 0 Å². The average Bonchev–Trinajstić information content (AvgIpc) is 1.87. The summed E-state index contributed by atoms with van der Waals surface area (Å²) in [7, 11) is 0. The molecule has 0 heteroatoms. The fourth-order valence-corrected chi connectivity index (χ4v) is 0.564. The standard InChI is InChI=1S/C10H16/c1-5-10(4)8-6-7-9(2)3/h5,7-8H,1,6H2,2-4H3. The van der Waals surface area contributed by atoms with E-state index in [4.69, 9.17) is 0 Å². The van der Waals surface area contributed by atoms with Crippen molar-refractivity contribution in [3.05, 3.63) is 36.0 Å². The van der Waals surface area contributed by atoms with Crippen LogP contribution in [0.2, 0.25) is 0 Å². The molecule has 0 aliphatic heterocycles. The van der Waals surface area contributed by atoms with Gasteiger partial charge in [0, 0.05) is 0 Å². The summed E-state index contributed by atoms with van der Waals surface area (Å²) >= 11 is 0. The van der Waals surface area contributed by atoms with Gasteiger partial charge in [-0.05, 0) is 27.2 Å². The molecule has 0 radical (unpaired) electrons. The molecule has 0 bridgehead atoms. The van der Waals surface area contributed by atoms with E-state index >= 15 is 0 Å². The van der Waals surface area contributed by atoms with E-state index < -0.39 is 0 Å². The second-order valence-corrected chi connectivity index (χ2v) is 2.67. The summed E-state index contributed by atoms with van der Waals surface area (Å²) in [5, 5.41) is 0. The maximum Gasteiger partial charge on any atom is -0.0161 e. The van der Waals surface area contributed by atoms with Gasteiger partial charge in [-0.25, -0.2) is 0 Å². The van der Waals surface area contributed by atoms with Crippen molar-refractivity contribution >= 4 is 0 Å². The lowest BCUT2D eigenvalue weighted by atomic mass is 10.2. The molecule has 0 saturated heterocycles. The van der Waals surface area contributed by atoms with Crippen molar-refractivity contribution in [3.8, 4) is 0 Å². The lowest BCUT2D eigenvalue weighted by molar-refractivity contribution is 1.26. The molecule has 0 saturated carbocycles. The van der Waals surface area contributed by atoms with Gasteiger partial charge in [0.05, 0.1) is 0 Å². The van der Waals surface area contributed by atoms with E-state index in [9.17, 15) is 0 Å². The van der Waals surface area contributed by atoms with E-state index in [-0.39, 0.29) is 0 Å². The lowest BCUT2D eigenvalue weighted by Gasteiger charge is -1.89. The fraction of sp³-hybridized carbons (Fsp3) is 0.400. The average molecular weight is 136 g/mol. The zero-order valence-corrected chi connectivity index (χ0v) is 7.15. The Labute approximate surface area is 64.0 Å². The first kappa shape index (κ1) is 9.22. The van der Waals surface area contributed by atoms with Crippen molar-refractivity contribution in [2.24, 2.45) is 0 Å². The second-order valence-electron chi connectivity index (χ2n) is 2.67. The van der Waals surface area contributed by atoms with Gasteiger partial charge in [0.1, 0.15) is 0 Å². The van der Waals surface area contributed by atoms with Crippen molar-refractivity contribution in [1.29, 1.82) is 0 Å². The monoisotopic (exact) mass is 136 g/mol. The Morgan fingerprint density at radius 1 is 1.20 bits per heavy atom. The minimum Gasteiger partial charge on any atom is -0.0988 e. The molecule has 0 aromatic rings. The third-order valence-corrected chi connectivity index (χ3v) is 1.29. The van der Waals surface area contributed by atoms with Crippen molar-refractivity contribution in [2.45, 2.75) is 27.2 Å². The number of allylic oxidation sites excluding steroid dienone is 5. The van der Waals surface area contributed by atoms with E-state index in [0.717, 1.165) is 6.42 Å². The van der Waals surface area contributed by atoms with E-state index in [1.165, 1.54) is 11.1 Å². The smallest absolute Gasteiger partial charge is 0.0161 e. The third kappa shape index (κ3) is 5.36. The quantitative estimate of drug-likeness (QED) is 0.411. The minimum absolute atomic E-state index is 1.03. The van der Waals surface area contributed by atoms with Gasteiger partial charge in [0.25, 0.3) is 0 Å². The van der Waals surface area contributed by atoms with Crippen LogP contribution in [0.5, 0.6) is 0 Å². The van der Waals surface area contributed by atoms with Crippen LogP contribution in [-0.2, 0) is 0 Å². The summed E-state index contributed by atoms with van der Waals surface area (Å²) in [6.45, 7) is 9.95. The molecule has 10 heavy (non-hydrogen) atoms. The van der Waals surface area contributed by atoms with Gasteiger partial charge in [-0.2, -0.15) is 0 Å². The van der Waals surface area contributed by atoms with Crippen molar-refractivity contribution in [1.82, 2.24) is 0 Å². The maximum absolute atomic E-state index is 3.67. The molecule has 0 heterocycles. The topological polar surface area (TPSA) is 0 Å². The normalized spacial score (nSPS) is 10.9. The Kier molecular flexibility index (Phi) is 4.65. The largest absolute Gasteiger partial charge is 0.0988 e.